The second-order valence-corrected chi connectivity index (χ2v) is 7.15. The highest BCUT2D eigenvalue weighted by molar-refractivity contribution is 5.63. The van der Waals surface area contributed by atoms with Crippen molar-refractivity contribution in [1.29, 1.82) is 0 Å². The molecule has 1 N–H and O–H groups in total. The summed E-state index contributed by atoms with van der Waals surface area (Å²) in [6, 6.07) is 6.02. The number of piperidine rings is 1. The van der Waals surface area contributed by atoms with Gasteiger partial charge in [0.15, 0.2) is 11.5 Å². The fraction of sp³-hybridized carbons (Fsp3) is 0.550. The van der Waals surface area contributed by atoms with Crippen molar-refractivity contribution in [3.8, 4) is 22.8 Å². The minimum atomic E-state index is 0.749. The number of imidazole rings is 1. The number of aromatic nitrogens is 2. The summed E-state index contributed by atoms with van der Waals surface area (Å²) >= 11 is 0. The van der Waals surface area contributed by atoms with Crippen molar-refractivity contribution in [2.45, 2.75) is 32.2 Å². The van der Waals surface area contributed by atoms with Crippen LogP contribution in [0.4, 0.5) is 0 Å². The van der Waals surface area contributed by atoms with Crippen molar-refractivity contribution in [1.82, 2.24) is 14.9 Å². The number of fused-ring (bicyclic) bond motifs is 1. The van der Waals surface area contributed by atoms with Crippen LogP contribution in [0, 0.1) is 11.8 Å². The van der Waals surface area contributed by atoms with Crippen LogP contribution >= 0.6 is 0 Å². The van der Waals surface area contributed by atoms with Crippen molar-refractivity contribution in [3.63, 3.8) is 0 Å². The normalized spacial score (nSPS) is 21.0. The molecule has 2 aliphatic rings. The molecular formula is C20H27N3O2. The SMILES string of the molecule is COc1ccc(-c2cn3c(n2)CCC(C2CCNCC2)C3)cc1OC. The smallest absolute Gasteiger partial charge is 0.161 e. The minimum Gasteiger partial charge on any atom is -0.493 e. The molecule has 2 aliphatic heterocycles. The fourth-order valence-electron chi connectivity index (χ4n) is 4.31. The van der Waals surface area contributed by atoms with Crippen molar-refractivity contribution in [2.24, 2.45) is 11.8 Å². The van der Waals surface area contributed by atoms with Crippen molar-refractivity contribution in [3.05, 3.63) is 30.2 Å². The Balaban J connectivity index is 1.56. The number of hydrogen-bond donors (Lipinski definition) is 1. The van der Waals surface area contributed by atoms with Crippen molar-refractivity contribution in [2.75, 3.05) is 27.3 Å². The van der Waals surface area contributed by atoms with E-state index in [1.807, 2.05) is 12.1 Å². The summed E-state index contributed by atoms with van der Waals surface area (Å²) < 4.78 is 13.1. The number of rotatable bonds is 4. The van der Waals surface area contributed by atoms with E-state index < -0.39 is 0 Å². The van der Waals surface area contributed by atoms with Gasteiger partial charge in [-0.3, -0.25) is 0 Å². The van der Waals surface area contributed by atoms with Crippen LogP contribution in [0.2, 0.25) is 0 Å². The average Bonchev–Trinajstić information content (AvgIpc) is 3.11. The summed E-state index contributed by atoms with van der Waals surface area (Å²) in [5.41, 5.74) is 2.11. The number of aryl methyl sites for hydroxylation is 1. The third-order valence-electron chi connectivity index (χ3n) is 5.76. The molecule has 1 aromatic carbocycles. The van der Waals surface area contributed by atoms with Crippen LogP contribution < -0.4 is 14.8 Å². The highest BCUT2D eigenvalue weighted by Gasteiger charge is 2.28. The van der Waals surface area contributed by atoms with Crippen molar-refractivity contribution < 1.29 is 9.47 Å². The number of nitrogens with one attached hydrogen (secondary N) is 1. The lowest BCUT2D eigenvalue weighted by Crippen LogP contribution is -2.35. The zero-order valence-corrected chi connectivity index (χ0v) is 15.1. The number of ether oxygens (including phenoxy) is 2. The summed E-state index contributed by atoms with van der Waals surface area (Å²) in [5, 5.41) is 3.48. The first-order valence-electron chi connectivity index (χ1n) is 9.27. The molecule has 134 valence electrons. The van der Waals surface area contributed by atoms with Crippen LogP contribution in [0.3, 0.4) is 0 Å². The minimum absolute atomic E-state index is 0.749. The largest absolute Gasteiger partial charge is 0.493 e. The highest BCUT2D eigenvalue weighted by atomic mass is 16.5. The van der Waals surface area contributed by atoms with Gasteiger partial charge in [0, 0.05) is 24.7 Å². The van der Waals surface area contributed by atoms with Gasteiger partial charge in [0.1, 0.15) is 5.82 Å². The van der Waals surface area contributed by atoms with Gasteiger partial charge in [-0.25, -0.2) is 4.98 Å². The van der Waals surface area contributed by atoms with Crippen LogP contribution in [-0.4, -0.2) is 36.9 Å². The molecule has 4 rings (SSSR count). The average molecular weight is 341 g/mol. The van der Waals surface area contributed by atoms with E-state index in [9.17, 15) is 0 Å². The summed E-state index contributed by atoms with van der Waals surface area (Å²) in [7, 11) is 3.33. The predicted molar refractivity (Wildman–Crippen MR) is 98.2 cm³/mol. The fourth-order valence-corrected chi connectivity index (χ4v) is 4.31. The Morgan fingerprint density at radius 3 is 2.60 bits per heavy atom. The number of benzene rings is 1. The van der Waals surface area contributed by atoms with Crippen LogP contribution in [0.25, 0.3) is 11.3 Å². The molecule has 1 atom stereocenters. The van der Waals surface area contributed by atoms with Gasteiger partial charge in [-0.1, -0.05) is 0 Å². The molecule has 0 bridgehead atoms. The van der Waals surface area contributed by atoms with E-state index in [2.05, 4.69) is 22.1 Å². The monoisotopic (exact) mass is 341 g/mol. The standard InChI is InChI=1S/C20H27N3O2/c1-24-18-5-3-15(11-19(18)25-2)17-13-23-12-16(4-6-20(23)22-17)14-7-9-21-10-8-14/h3,5,11,13-14,16,21H,4,6-10,12H2,1-2H3. The van der Waals surface area contributed by atoms with E-state index in [1.165, 1.54) is 38.2 Å². The maximum Gasteiger partial charge on any atom is 0.161 e. The first-order valence-corrected chi connectivity index (χ1v) is 9.27. The predicted octanol–water partition coefficient (Wildman–Crippen LogP) is 3.13. The van der Waals surface area contributed by atoms with Crippen molar-refractivity contribution >= 4 is 0 Å². The van der Waals surface area contributed by atoms with Crippen LogP contribution in [0.1, 0.15) is 25.1 Å². The molecule has 0 radical (unpaired) electrons. The molecule has 2 aromatic rings. The lowest BCUT2D eigenvalue weighted by Gasteiger charge is -2.33. The van der Waals surface area contributed by atoms with Crippen LogP contribution in [-0.2, 0) is 13.0 Å². The molecule has 3 heterocycles. The maximum absolute atomic E-state index is 5.43. The van der Waals surface area contributed by atoms with Gasteiger partial charge in [-0.05, 0) is 62.4 Å². The van der Waals surface area contributed by atoms with Gasteiger partial charge in [0.05, 0.1) is 19.9 Å². The molecule has 5 heteroatoms. The quantitative estimate of drug-likeness (QED) is 0.928. The van der Waals surface area contributed by atoms with E-state index in [-0.39, 0.29) is 0 Å². The number of methoxy groups -OCH3 is 2. The lowest BCUT2D eigenvalue weighted by atomic mass is 9.81. The Labute approximate surface area is 149 Å². The molecule has 25 heavy (non-hydrogen) atoms. The maximum atomic E-state index is 5.43. The molecule has 1 unspecified atom stereocenters. The molecule has 1 saturated heterocycles. The Bertz CT molecular complexity index is 735. The molecule has 0 amide bonds. The molecule has 0 spiro atoms. The molecular weight excluding hydrogens is 314 g/mol. The molecule has 1 fully saturated rings. The van der Waals surface area contributed by atoms with E-state index >= 15 is 0 Å². The van der Waals surface area contributed by atoms with E-state index in [4.69, 9.17) is 14.5 Å². The van der Waals surface area contributed by atoms with Gasteiger partial charge in [-0.2, -0.15) is 0 Å². The summed E-state index contributed by atoms with van der Waals surface area (Å²) in [4.78, 5) is 4.89. The topological polar surface area (TPSA) is 48.3 Å². The Morgan fingerprint density at radius 2 is 1.84 bits per heavy atom. The second kappa shape index (κ2) is 7.08. The van der Waals surface area contributed by atoms with E-state index in [0.717, 1.165) is 47.6 Å². The van der Waals surface area contributed by atoms with Gasteiger partial charge in [0.2, 0.25) is 0 Å². The zero-order chi connectivity index (χ0) is 17.2. The van der Waals surface area contributed by atoms with Crippen LogP contribution in [0.15, 0.2) is 24.4 Å². The Kier molecular flexibility index (Phi) is 4.66. The summed E-state index contributed by atoms with van der Waals surface area (Å²) in [5.74, 6) is 4.37. The van der Waals surface area contributed by atoms with Gasteiger partial charge < -0.3 is 19.4 Å². The van der Waals surface area contributed by atoms with E-state index in [0.29, 0.717) is 0 Å². The molecule has 0 aliphatic carbocycles. The molecule has 5 nitrogen and oxygen atoms in total. The Hall–Kier alpha value is -2.01. The number of hydrogen-bond acceptors (Lipinski definition) is 4. The first-order chi connectivity index (χ1) is 12.3. The summed E-state index contributed by atoms with van der Waals surface area (Å²) in [6.45, 7) is 3.46. The zero-order valence-electron chi connectivity index (χ0n) is 15.1. The van der Waals surface area contributed by atoms with Gasteiger partial charge >= 0.3 is 0 Å². The third-order valence-corrected chi connectivity index (χ3v) is 5.76. The lowest BCUT2D eigenvalue weighted by molar-refractivity contribution is 0.205. The Morgan fingerprint density at radius 1 is 1.04 bits per heavy atom. The molecule has 1 aromatic heterocycles. The second-order valence-electron chi connectivity index (χ2n) is 7.15. The third kappa shape index (κ3) is 3.25. The molecule has 0 saturated carbocycles. The van der Waals surface area contributed by atoms with Crippen LogP contribution in [0.5, 0.6) is 11.5 Å². The highest BCUT2D eigenvalue weighted by Crippen LogP contribution is 2.35. The number of nitrogens with zero attached hydrogens (tertiary/aromatic N) is 2. The van der Waals surface area contributed by atoms with Gasteiger partial charge in [-0.15, -0.1) is 0 Å². The first kappa shape index (κ1) is 16.5. The van der Waals surface area contributed by atoms with E-state index in [1.54, 1.807) is 14.2 Å². The van der Waals surface area contributed by atoms with Gasteiger partial charge in [0.25, 0.3) is 0 Å². The summed E-state index contributed by atoms with van der Waals surface area (Å²) in [6.07, 6.45) is 7.20.